The lowest BCUT2D eigenvalue weighted by Gasteiger charge is -2.32. The maximum absolute atomic E-state index is 4.50. The first-order valence-corrected chi connectivity index (χ1v) is 9.27. The van der Waals surface area contributed by atoms with Crippen LogP contribution in [0.25, 0.3) is 11.3 Å². The molecule has 1 heterocycles. The summed E-state index contributed by atoms with van der Waals surface area (Å²) >= 11 is 0. The first-order chi connectivity index (χ1) is 12.3. The molecule has 3 nitrogen and oxygen atoms in total. The zero-order valence-corrected chi connectivity index (χ0v) is 17.0. The van der Waals surface area contributed by atoms with Crippen molar-refractivity contribution in [3.8, 4) is 11.3 Å². The van der Waals surface area contributed by atoms with E-state index >= 15 is 0 Å². The van der Waals surface area contributed by atoms with Gasteiger partial charge in [0.25, 0.3) is 0 Å². The first-order valence-electron chi connectivity index (χ1n) is 9.27. The Morgan fingerprint density at radius 1 is 1.23 bits per heavy atom. The molecule has 0 unspecified atom stereocenters. The van der Waals surface area contributed by atoms with Crippen LogP contribution in [0.5, 0.6) is 0 Å². The Balaban J connectivity index is 2.59. The quantitative estimate of drug-likeness (QED) is 0.488. The molecule has 0 spiro atoms. The summed E-state index contributed by atoms with van der Waals surface area (Å²) in [5.41, 5.74) is 4.57. The highest BCUT2D eigenvalue weighted by atomic mass is 15.1. The SMILES string of the molecule is C=[N+](/C=C\N(C)C)c1cc(-c2ccccn2)ccc1C(C)(C)[C@H](C)CC. The van der Waals surface area contributed by atoms with Crippen LogP contribution in [0.2, 0.25) is 0 Å². The van der Waals surface area contributed by atoms with Gasteiger partial charge < -0.3 is 4.90 Å². The highest BCUT2D eigenvalue weighted by Gasteiger charge is 2.32. The summed E-state index contributed by atoms with van der Waals surface area (Å²) in [6.07, 6.45) is 6.99. The highest BCUT2D eigenvalue weighted by molar-refractivity contribution is 5.65. The first kappa shape index (κ1) is 19.9. The molecule has 0 aliphatic rings. The van der Waals surface area contributed by atoms with Gasteiger partial charge in [-0.1, -0.05) is 52.3 Å². The molecule has 2 rings (SSSR count). The van der Waals surface area contributed by atoms with Crippen molar-refractivity contribution in [2.45, 2.75) is 39.5 Å². The van der Waals surface area contributed by atoms with Crippen LogP contribution in [-0.4, -0.2) is 35.3 Å². The molecule has 0 radical (unpaired) electrons. The van der Waals surface area contributed by atoms with Gasteiger partial charge >= 0.3 is 0 Å². The Morgan fingerprint density at radius 3 is 2.54 bits per heavy atom. The molecule has 0 aliphatic heterocycles. The second kappa shape index (κ2) is 8.31. The molecular weight excluding hydrogens is 318 g/mol. The molecule has 0 amide bonds. The Kier molecular flexibility index (Phi) is 6.36. The summed E-state index contributed by atoms with van der Waals surface area (Å²) in [5.74, 6) is 0.563. The smallest absolute Gasteiger partial charge is 0.214 e. The second-order valence-corrected chi connectivity index (χ2v) is 7.71. The summed E-state index contributed by atoms with van der Waals surface area (Å²) in [6, 6.07) is 12.6. The molecule has 1 atom stereocenters. The van der Waals surface area contributed by atoms with Crippen LogP contribution in [-0.2, 0) is 5.41 Å². The normalized spacial score (nSPS) is 13.0. The lowest BCUT2D eigenvalue weighted by Crippen LogP contribution is -2.27. The maximum Gasteiger partial charge on any atom is 0.214 e. The van der Waals surface area contributed by atoms with Crippen molar-refractivity contribution >= 4 is 12.4 Å². The molecule has 2 aromatic rings. The van der Waals surface area contributed by atoms with E-state index < -0.39 is 0 Å². The number of hydrogen-bond acceptors (Lipinski definition) is 2. The van der Waals surface area contributed by atoms with Crippen LogP contribution in [0, 0.1) is 5.92 Å². The van der Waals surface area contributed by atoms with Crippen molar-refractivity contribution in [2.75, 3.05) is 14.1 Å². The summed E-state index contributed by atoms with van der Waals surface area (Å²) in [7, 11) is 4.03. The van der Waals surface area contributed by atoms with Crippen LogP contribution < -0.4 is 0 Å². The summed E-state index contributed by atoms with van der Waals surface area (Å²) < 4.78 is 1.96. The van der Waals surface area contributed by atoms with Crippen molar-refractivity contribution in [3.05, 3.63) is 60.6 Å². The number of aromatic nitrogens is 1. The predicted molar refractivity (Wildman–Crippen MR) is 112 cm³/mol. The minimum absolute atomic E-state index is 0.0502. The van der Waals surface area contributed by atoms with E-state index in [1.165, 1.54) is 5.56 Å². The Bertz CT molecular complexity index is 773. The van der Waals surface area contributed by atoms with E-state index in [2.05, 4.69) is 57.6 Å². The standard InChI is InChI=1S/C23H32N3/c1-8-18(2)23(3,4)20-13-12-19(21-11-9-10-14-24-21)17-22(20)26(7)16-15-25(5)6/h9-18H,7-8H2,1-6H3/q+1/b16-15-/t18-/m1/s1. The van der Waals surface area contributed by atoms with Crippen molar-refractivity contribution in [2.24, 2.45) is 5.92 Å². The van der Waals surface area contributed by atoms with Gasteiger partial charge in [0.2, 0.25) is 5.69 Å². The van der Waals surface area contributed by atoms with E-state index in [0.29, 0.717) is 5.92 Å². The van der Waals surface area contributed by atoms with E-state index in [-0.39, 0.29) is 5.41 Å². The molecule has 1 aromatic carbocycles. The fraction of sp³-hybridized carbons (Fsp3) is 0.391. The van der Waals surface area contributed by atoms with Gasteiger partial charge in [-0.15, -0.1) is 0 Å². The van der Waals surface area contributed by atoms with Gasteiger partial charge in [0.1, 0.15) is 6.72 Å². The Hall–Kier alpha value is -2.42. The fourth-order valence-corrected chi connectivity index (χ4v) is 3.08. The van der Waals surface area contributed by atoms with Gasteiger partial charge in [0.15, 0.2) is 6.20 Å². The largest absolute Gasteiger partial charge is 0.379 e. The molecule has 0 fully saturated rings. The Labute approximate surface area is 158 Å². The molecule has 1 aromatic heterocycles. The third-order valence-electron chi connectivity index (χ3n) is 5.35. The minimum Gasteiger partial charge on any atom is -0.379 e. The number of rotatable bonds is 7. The number of nitrogens with zero attached hydrogens (tertiary/aromatic N) is 3. The monoisotopic (exact) mass is 350 g/mol. The van der Waals surface area contributed by atoms with Gasteiger partial charge in [-0.3, -0.25) is 4.98 Å². The van der Waals surface area contributed by atoms with Gasteiger partial charge in [0.05, 0.1) is 11.9 Å². The average Bonchev–Trinajstić information content (AvgIpc) is 2.65. The molecule has 0 saturated heterocycles. The van der Waals surface area contributed by atoms with Crippen molar-refractivity contribution < 1.29 is 4.58 Å². The highest BCUT2D eigenvalue weighted by Crippen LogP contribution is 2.40. The maximum atomic E-state index is 4.50. The van der Waals surface area contributed by atoms with Crippen LogP contribution in [0.3, 0.4) is 0 Å². The predicted octanol–water partition coefficient (Wildman–Crippen LogP) is 5.45. The van der Waals surface area contributed by atoms with E-state index in [1.54, 1.807) is 0 Å². The number of benzene rings is 1. The van der Waals surface area contributed by atoms with Crippen LogP contribution in [0.1, 0.15) is 39.7 Å². The summed E-state index contributed by atoms with van der Waals surface area (Å²) in [6.45, 7) is 13.5. The zero-order chi connectivity index (χ0) is 19.3. The third kappa shape index (κ3) is 4.40. The van der Waals surface area contributed by atoms with Crippen molar-refractivity contribution in [1.29, 1.82) is 0 Å². The third-order valence-corrected chi connectivity index (χ3v) is 5.35. The van der Waals surface area contributed by atoms with Gasteiger partial charge in [0, 0.05) is 37.5 Å². The van der Waals surface area contributed by atoms with Crippen molar-refractivity contribution in [3.63, 3.8) is 0 Å². The fourth-order valence-electron chi connectivity index (χ4n) is 3.08. The van der Waals surface area contributed by atoms with E-state index in [1.807, 2.05) is 60.4 Å². The van der Waals surface area contributed by atoms with Gasteiger partial charge in [-0.05, 0) is 23.5 Å². The van der Waals surface area contributed by atoms with E-state index in [0.717, 1.165) is 23.4 Å². The second-order valence-electron chi connectivity index (χ2n) is 7.71. The molecule has 0 N–H and O–H groups in total. The minimum atomic E-state index is 0.0502. The zero-order valence-electron chi connectivity index (χ0n) is 17.0. The molecule has 26 heavy (non-hydrogen) atoms. The van der Waals surface area contributed by atoms with Crippen LogP contribution >= 0.6 is 0 Å². The lowest BCUT2D eigenvalue weighted by molar-refractivity contribution is -0.351. The number of pyridine rings is 1. The van der Waals surface area contributed by atoms with Gasteiger partial charge in [-0.2, -0.15) is 4.58 Å². The summed E-state index contributed by atoms with van der Waals surface area (Å²) in [4.78, 5) is 6.52. The van der Waals surface area contributed by atoms with E-state index in [4.69, 9.17) is 0 Å². The molecule has 0 bridgehead atoms. The average molecular weight is 351 g/mol. The topological polar surface area (TPSA) is 19.1 Å². The summed E-state index contributed by atoms with van der Waals surface area (Å²) in [5, 5.41) is 0. The van der Waals surface area contributed by atoms with Gasteiger partial charge in [-0.25, -0.2) is 0 Å². The van der Waals surface area contributed by atoms with Crippen LogP contribution in [0.15, 0.2) is 55.0 Å². The molecule has 0 saturated carbocycles. The molecule has 0 aliphatic carbocycles. The molecule has 138 valence electrons. The Morgan fingerprint density at radius 2 is 1.96 bits per heavy atom. The van der Waals surface area contributed by atoms with E-state index in [9.17, 15) is 0 Å². The molecule has 3 heteroatoms. The lowest BCUT2D eigenvalue weighted by atomic mass is 9.72. The van der Waals surface area contributed by atoms with Crippen molar-refractivity contribution in [1.82, 2.24) is 9.88 Å². The molecular formula is C23H32N3+. The number of hydrogen-bond donors (Lipinski definition) is 0. The van der Waals surface area contributed by atoms with Crippen LogP contribution in [0.4, 0.5) is 5.69 Å².